The number of rotatable bonds is 6. The van der Waals surface area contributed by atoms with Crippen LogP contribution in [-0.4, -0.2) is 32.0 Å². The summed E-state index contributed by atoms with van der Waals surface area (Å²) in [6.07, 6.45) is 2.17. The van der Waals surface area contributed by atoms with Gasteiger partial charge in [0.1, 0.15) is 5.69 Å². The van der Waals surface area contributed by atoms with E-state index < -0.39 is 11.6 Å². The zero-order chi connectivity index (χ0) is 20.5. The molecule has 1 fully saturated rings. The highest BCUT2D eigenvalue weighted by Crippen LogP contribution is 2.38. The molecule has 3 aromatic rings. The fourth-order valence-corrected chi connectivity index (χ4v) is 3.06. The molecule has 7 nitrogen and oxygen atoms in total. The van der Waals surface area contributed by atoms with Gasteiger partial charge in [-0.25, -0.2) is 13.5 Å². The average Bonchev–Trinajstić information content (AvgIpc) is 3.47. The first kappa shape index (κ1) is 19.0. The van der Waals surface area contributed by atoms with E-state index >= 15 is 0 Å². The number of benzene rings is 1. The van der Waals surface area contributed by atoms with E-state index in [1.54, 1.807) is 13.1 Å². The molecule has 0 spiro atoms. The van der Waals surface area contributed by atoms with E-state index in [0.717, 1.165) is 30.7 Å². The van der Waals surface area contributed by atoms with Crippen molar-refractivity contribution in [2.75, 3.05) is 6.54 Å². The first-order valence-corrected chi connectivity index (χ1v) is 9.28. The number of nitrogens with one attached hydrogen (secondary N) is 1. The fraction of sp³-hybridized carbons (Fsp3) is 0.300. The molecular weight excluding hydrogens is 380 g/mol. The quantitative estimate of drug-likeness (QED) is 0.689. The second kappa shape index (κ2) is 7.57. The van der Waals surface area contributed by atoms with Crippen molar-refractivity contribution < 1.29 is 13.6 Å². The molecule has 1 aromatic carbocycles. The summed E-state index contributed by atoms with van der Waals surface area (Å²) in [4.78, 5) is 24.4. The van der Waals surface area contributed by atoms with Crippen molar-refractivity contribution >= 4 is 5.91 Å². The summed E-state index contributed by atoms with van der Waals surface area (Å²) in [5.41, 5.74) is 1.66. The summed E-state index contributed by atoms with van der Waals surface area (Å²) in [6.45, 7) is 0.463. The van der Waals surface area contributed by atoms with Crippen LogP contribution in [0.25, 0.3) is 11.3 Å². The maximum Gasteiger partial charge on any atom is 0.269 e. The lowest BCUT2D eigenvalue weighted by Gasteiger charge is -2.08. The van der Waals surface area contributed by atoms with Gasteiger partial charge in [-0.05, 0) is 43.2 Å². The summed E-state index contributed by atoms with van der Waals surface area (Å²) in [5.74, 6) is -1.89. The number of halogens is 2. The number of carbonyl (C=O) groups excluding carboxylic acids is 1. The summed E-state index contributed by atoms with van der Waals surface area (Å²) in [5, 5.41) is 11.3. The number of aryl methyl sites for hydroxylation is 1. The molecule has 1 saturated carbocycles. The maximum atomic E-state index is 13.5. The Hall–Kier alpha value is -3.36. The third-order valence-corrected chi connectivity index (χ3v) is 4.82. The Balaban J connectivity index is 1.42. The van der Waals surface area contributed by atoms with Gasteiger partial charge in [-0.3, -0.25) is 14.3 Å². The predicted octanol–water partition coefficient (Wildman–Crippen LogP) is 2.23. The molecule has 1 aliphatic rings. The van der Waals surface area contributed by atoms with Gasteiger partial charge in [-0.1, -0.05) is 0 Å². The van der Waals surface area contributed by atoms with Crippen LogP contribution < -0.4 is 10.9 Å². The molecule has 29 heavy (non-hydrogen) atoms. The van der Waals surface area contributed by atoms with Gasteiger partial charge in [0.25, 0.3) is 11.5 Å². The van der Waals surface area contributed by atoms with Gasteiger partial charge in [0.2, 0.25) is 0 Å². The third kappa shape index (κ3) is 4.08. The monoisotopic (exact) mass is 399 g/mol. The first-order valence-electron chi connectivity index (χ1n) is 9.28. The molecule has 150 valence electrons. The Morgan fingerprint density at radius 3 is 2.66 bits per heavy atom. The number of nitrogens with zero attached hydrogens (tertiary/aromatic N) is 4. The Kier molecular flexibility index (Phi) is 4.96. The highest BCUT2D eigenvalue weighted by Gasteiger charge is 2.25. The molecule has 9 heteroatoms. The van der Waals surface area contributed by atoms with E-state index in [2.05, 4.69) is 15.5 Å². The molecule has 0 saturated heterocycles. The largest absolute Gasteiger partial charge is 0.349 e. The van der Waals surface area contributed by atoms with E-state index in [9.17, 15) is 18.4 Å². The molecule has 4 rings (SSSR count). The zero-order valence-corrected chi connectivity index (χ0v) is 15.7. The standard InChI is InChI=1S/C20H19F2N5O2/c1-26-18(11-17(24-26)13-4-5-14(21)15(22)10-13)20(29)23-8-9-27-19(28)7-6-16(25-27)12-2-3-12/h4-7,10-12H,2-3,8-9H2,1H3,(H,23,29). The molecule has 0 unspecified atom stereocenters. The highest BCUT2D eigenvalue weighted by molar-refractivity contribution is 5.93. The predicted molar refractivity (Wildman–Crippen MR) is 101 cm³/mol. The van der Waals surface area contributed by atoms with Crippen LogP contribution in [0.3, 0.4) is 0 Å². The third-order valence-electron chi connectivity index (χ3n) is 4.82. The van der Waals surface area contributed by atoms with Crippen molar-refractivity contribution in [3.8, 4) is 11.3 Å². The lowest BCUT2D eigenvalue weighted by molar-refractivity contribution is 0.0942. The summed E-state index contributed by atoms with van der Waals surface area (Å²) in [6, 6.07) is 8.19. The van der Waals surface area contributed by atoms with Crippen molar-refractivity contribution in [3.63, 3.8) is 0 Å². The van der Waals surface area contributed by atoms with Crippen molar-refractivity contribution in [3.05, 3.63) is 69.8 Å². The van der Waals surface area contributed by atoms with Crippen LogP contribution in [0, 0.1) is 11.6 Å². The van der Waals surface area contributed by atoms with Gasteiger partial charge in [-0.15, -0.1) is 0 Å². The number of carbonyl (C=O) groups is 1. The van der Waals surface area contributed by atoms with Crippen molar-refractivity contribution in [2.24, 2.45) is 7.05 Å². The molecule has 2 heterocycles. The summed E-state index contributed by atoms with van der Waals surface area (Å²) >= 11 is 0. The van der Waals surface area contributed by atoms with Crippen LogP contribution in [0.15, 0.2) is 41.2 Å². The molecule has 1 N–H and O–H groups in total. The first-order chi connectivity index (χ1) is 13.9. The van der Waals surface area contributed by atoms with Crippen molar-refractivity contribution in [1.29, 1.82) is 0 Å². The van der Waals surface area contributed by atoms with Gasteiger partial charge >= 0.3 is 0 Å². The van der Waals surface area contributed by atoms with E-state index in [4.69, 9.17) is 0 Å². The van der Waals surface area contributed by atoms with Crippen LogP contribution in [0.4, 0.5) is 8.78 Å². The minimum absolute atomic E-state index is 0.214. The van der Waals surface area contributed by atoms with Crippen LogP contribution in [0.1, 0.15) is 34.9 Å². The second-order valence-electron chi connectivity index (χ2n) is 7.02. The molecule has 2 aromatic heterocycles. The SMILES string of the molecule is Cn1nc(-c2ccc(F)c(F)c2)cc1C(=O)NCCn1nc(C2CC2)ccc1=O. The normalized spacial score (nSPS) is 13.5. The van der Waals surface area contributed by atoms with Gasteiger partial charge in [0.15, 0.2) is 11.6 Å². The van der Waals surface area contributed by atoms with Gasteiger partial charge < -0.3 is 5.32 Å². The topological polar surface area (TPSA) is 81.8 Å². The van der Waals surface area contributed by atoms with E-state index in [1.165, 1.54) is 27.6 Å². The highest BCUT2D eigenvalue weighted by atomic mass is 19.2. The van der Waals surface area contributed by atoms with Gasteiger partial charge in [-0.2, -0.15) is 10.2 Å². The Morgan fingerprint density at radius 1 is 1.14 bits per heavy atom. The minimum atomic E-state index is -0.981. The Labute approximate surface area is 165 Å². The van der Waals surface area contributed by atoms with E-state index in [-0.39, 0.29) is 30.2 Å². The van der Waals surface area contributed by atoms with Crippen molar-refractivity contribution in [2.45, 2.75) is 25.3 Å². The lowest BCUT2D eigenvalue weighted by atomic mass is 10.1. The van der Waals surface area contributed by atoms with Crippen LogP contribution in [0.2, 0.25) is 0 Å². The zero-order valence-electron chi connectivity index (χ0n) is 15.7. The Morgan fingerprint density at radius 2 is 1.93 bits per heavy atom. The van der Waals surface area contributed by atoms with Crippen LogP contribution in [-0.2, 0) is 13.6 Å². The molecule has 0 aliphatic heterocycles. The van der Waals surface area contributed by atoms with E-state index in [0.29, 0.717) is 17.2 Å². The Bertz CT molecular complexity index is 1130. The minimum Gasteiger partial charge on any atom is -0.349 e. The molecule has 0 bridgehead atoms. The van der Waals surface area contributed by atoms with Crippen LogP contribution >= 0.6 is 0 Å². The molecular formula is C20H19F2N5O2. The maximum absolute atomic E-state index is 13.5. The average molecular weight is 399 g/mol. The van der Waals surface area contributed by atoms with E-state index in [1.807, 2.05) is 0 Å². The fourth-order valence-electron chi connectivity index (χ4n) is 3.06. The van der Waals surface area contributed by atoms with Crippen molar-refractivity contribution in [1.82, 2.24) is 24.9 Å². The molecule has 0 radical (unpaired) electrons. The smallest absolute Gasteiger partial charge is 0.269 e. The summed E-state index contributed by atoms with van der Waals surface area (Å²) in [7, 11) is 1.59. The second-order valence-corrected chi connectivity index (χ2v) is 7.02. The number of aromatic nitrogens is 4. The van der Waals surface area contributed by atoms with Gasteiger partial charge in [0, 0.05) is 31.1 Å². The van der Waals surface area contributed by atoms with Crippen LogP contribution in [0.5, 0.6) is 0 Å². The number of amides is 1. The number of hydrogen-bond acceptors (Lipinski definition) is 4. The summed E-state index contributed by atoms with van der Waals surface area (Å²) < 4.78 is 29.3. The lowest BCUT2D eigenvalue weighted by Crippen LogP contribution is -2.33. The molecule has 1 amide bonds. The molecule has 0 atom stereocenters. The molecule has 1 aliphatic carbocycles. The van der Waals surface area contributed by atoms with Gasteiger partial charge in [0.05, 0.1) is 17.9 Å². The number of hydrogen-bond donors (Lipinski definition) is 1.